The summed E-state index contributed by atoms with van der Waals surface area (Å²) in [7, 11) is 1.58. The Morgan fingerprint density at radius 2 is 1.91 bits per heavy atom. The second-order valence-electron chi connectivity index (χ2n) is 5.07. The highest BCUT2D eigenvalue weighted by Gasteiger charge is 2.14. The predicted octanol–water partition coefficient (Wildman–Crippen LogP) is 4.01. The molecule has 0 saturated carbocycles. The van der Waals surface area contributed by atoms with Gasteiger partial charge in [0.2, 0.25) is 0 Å². The number of benzene rings is 2. The molecule has 118 valence electrons. The van der Waals surface area contributed by atoms with Crippen molar-refractivity contribution in [2.45, 2.75) is 6.10 Å². The van der Waals surface area contributed by atoms with E-state index in [4.69, 9.17) is 21.1 Å². The number of hydrogen-bond acceptors (Lipinski definition) is 4. The van der Waals surface area contributed by atoms with Gasteiger partial charge in [-0.2, -0.15) is 0 Å². The zero-order chi connectivity index (χ0) is 16.2. The second-order valence-corrected chi connectivity index (χ2v) is 5.48. The highest BCUT2D eigenvalue weighted by molar-refractivity contribution is 6.31. The van der Waals surface area contributed by atoms with Crippen LogP contribution in [0.1, 0.15) is 11.7 Å². The van der Waals surface area contributed by atoms with Crippen molar-refractivity contribution in [1.29, 1.82) is 0 Å². The molecular formula is C18H16ClNO3. The highest BCUT2D eigenvalue weighted by Crippen LogP contribution is 2.33. The van der Waals surface area contributed by atoms with Crippen LogP contribution in [0.3, 0.4) is 0 Å². The molecule has 0 radical (unpaired) electrons. The number of rotatable bonds is 5. The third kappa shape index (κ3) is 3.38. The first-order valence-corrected chi connectivity index (χ1v) is 7.54. The number of methoxy groups -OCH3 is 1. The highest BCUT2D eigenvalue weighted by atomic mass is 35.5. The monoisotopic (exact) mass is 329 g/mol. The Bertz CT molecular complexity index is 822. The molecule has 1 unspecified atom stereocenters. The summed E-state index contributed by atoms with van der Waals surface area (Å²) in [6.45, 7) is 0.0753. The Labute approximate surface area is 139 Å². The molecule has 3 rings (SSSR count). The molecular weight excluding hydrogens is 314 g/mol. The first-order chi connectivity index (χ1) is 11.2. The minimum atomic E-state index is -0.821. The summed E-state index contributed by atoms with van der Waals surface area (Å²) in [4.78, 5) is 4.10. The largest absolute Gasteiger partial charge is 0.493 e. The van der Waals surface area contributed by atoms with Crippen LogP contribution in [-0.4, -0.2) is 23.8 Å². The standard InChI is InChI=1S/C18H16ClNO3/c1-22-17-8-12-6-7-20-10-13(12)9-18(17)23-11-16(21)14-4-2-3-5-15(14)19/h2-10,16,21H,11H2,1H3. The van der Waals surface area contributed by atoms with Gasteiger partial charge in [0.05, 0.1) is 7.11 Å². The molecule has 23 heavy (non-hydrogen) atoms. The summed E-state index contributed by atoms with van der Waals surface area (Å²) in [5.74, 6) is 1.16. The van der Waals surface area contributed by atoms with E-state index in [2.05, 4.69) is 4.98 Å². The van der Waals surface area contributed by atoms with E-state index >= 15 is 0 Å². The van der Waals surface area contributed by atoms with Gasteiger partial charge in [0.15, 0.2) is 11.5 Å². The Balaban J connectivity index is 1.82. The zero-order valence-electron chi connectivity index (χ0n) is 12.6. The van der Waals surface area contributed by atoms with Crippen LogP contribution in [0.2, 0.25) is 5.02 Å². The van der Waals surface area contributed by atoms with Crippen molar-refractivity contribution in [1.82, 2.24) is 4.98 Å². The maximum atomic E-state index is 10.3. The van der Waals surface area contributed by atoms with Crippen LogP contribution in [0.25, 0.3) is 10.8 Å². The molecule has 0 aliphatic rings. The lowest BCUT2D eigenvalue weighted by molar-refractivity contribution is 0.106. The van der Waals surface area contributed by atoms with Crippen LogP contribution in [0.15, 0.2) is 54.9 Å². The summed E-state index contributed by atoms with van der Waals surface area (Å²) in [6.07, 6.45) is 2.66. The zero-order valence-corrected chi connectivity index (χ0v) is 13.3. The van der Waals surface area contributed by atoms with E-state index in [1.165, 1.54) is 0 Å². The maximum absolute atomic E-state index is 10.3. The summed E-state index contributed by atoms with van der Waals surface area (Å²) in [5.41, 5.74) is 0.635. The van der Waals surface area contributed by atoms with Crippen molar-refractivity contribution in [2.75, 3.05) is 13.7 Å². The van der Waals surface area contributed by atoms with Crippen molar-refractivity contribution >= 4 is 22.4 Å². The number of pyridine rings is 1. The van der Waals surface area contributed by atoms with Gasteiger partial charge in [0.1, 0.15) is 12.7 Å². The lowest BCUT2D eigenvalue weighted by atomic mass is 10.1. The number of halogens is 1. The normalized spacial score (nSPS) is 12.1. The van der Waals surface area contributed by atoms with E-state index in [1.54, 1.807) is 31.6 Å². The molecule has 2 aromatic carbocycles. The van der Waals surface area contributed by atoms with Crippen LogP contribution in [0, 0.1) is 0 Å². The van der Waals surface area contributed by atoms with Crippen molar-refractivity contribution in [3.8, 4) is 11.5 Å². The molecule has 1 heterocycles. The number of ether oxygens (including phenoxy) is 2. The van der Waals surface area contributed by atoms with Gasteiger partial charge in [-0.1, -0.05) is 29.8 Å². The molecule has 0 aliphatic carbocycles. The van der Waals surface area contributed by atoms with Crippen LogP contribution in [0.5, 0.6) is 11.5 Å². The molecule has 0 bridgehead atoms. The maximum Gasteiger partial charge on any atom is 0.162 e. The number of fused-ring (bicyclic) bond motifs is 1. The first kappa shape index (κ1) is 15.6. The molecule has 0 spiro atoms. The number of hydrogen-bond donors (Lipinski definition) is 1. The third-order valence-corrected chi connectivity index (χ3v) is 3.93. The van der Waals surface area contributed by atoms with E-state index in [-0.39, 0.29) is 6.61 Å². The van der Waals surface area contributed by atoms with Gasteiger partial charge < -0.3 is 14.6 Å². The van der Waals surface area contributed by atoms with Crippen LogP contribution < -0.4 is 9.47 Å². The fourth-order valence-corrected chi connectivity index (χ4v) is 2.63. The molecule has 1 N–H and O–H groups in total. The second kappa shape index (κ2) is 6.86. The van der Waals surface area contributed by atoms with Gasteiger partial charge in [-0.05, 0) is 29.7 Å². The molecule has 0 saturated heterocycles. The molecule has 0 aliphatic heterocycles. The Kier molecular flexibility index (Phi) is 4.65. The number of aliphatic hydroxyl groups excluding tert-OH is 1. The fourth-order valence-electron chi connectivity index (χ4n) is 2.37. The van der Waals surface area contributed by atoms with Crippen molar-refractivity contribution < 1.29 is 14.6 Å². The summed E-state index contributed by atoms with van der Waals surface area (Å²) >= 11 is 6.09. The molecule has 1 aromatic heterocycles. The summed E-state index contributed by atoms with van der Waals surface area (Å²) < 4.78 is 11.1. The van der Waals surface area contributed by atoms with Crippen LogP contribution in [0.4, 0.5) is 0 Å². The van der Waals surface area contributed by atoms with Crippen LogP contribution >= 0.6 is 11.6 Å². The smallest absolute Gasteiger partial charge is 0.162 e. The predicted molar refractivity (Wildman–Crippen MR) is 90.2 cm³/mol. The average molecular weight is 330 g/mol. The third-order valence-electron chi connectivity index (χ3n) is 3.58. The average Bonchev–Trinajstić information content (AvgIpc) is 2.59. The number of aromatic nitrogens is 1. The SMILES string of the molecule is COc1cc2ccncc2cc1OCC(O)c1ccccc1Cl. The Morgan fingerprint density at radius 1 is 1.13 bits per heavy atom. The van der Waals surface area contributed by atoms with Gasteiger partial charge in [0.25, 0.3) is 0 Å². The van der Waals surface area contributed by atoms with Crippen LogP contribution in [-0.2, 0) is 0 Å². The molecule has 1 atom stereocenters. The van der Waals surface area contributed by atoms with E-state index < -0.39 is 6.10 Å². The summed E-state index contributed by atoms with van der Waals surface area (Å²) in [6, 6.07) is 12.8. The summed E-state index contributed by atoms with van der Waals surface area (Å²) in [5, 5.41) is 12.7. The molecule has 0 fully saturated rings. The minimum Gasteiger partial charge on any atom is -0.493 e. The molecule has 4 nitrogen and oxygen atoms in total. The van der Waals surface area contributed by atoms with Crippen molar-refractivity contribution in [3.05, 3.63) is 65.4 Å². The lowest BCUT2D eigenvalue weighted by Gasteiger charge is -2.16. The number of aliphatic hydroxyl groups is 1. The quantitative estimate of drug-likeness (QED) is 0.768. The topological polar surface area (TPSA) is 51.6 Å². The lowest BCUT2D eigenvalue weighted by Crippen LogP contribution is -2.10. The fraction of sp³-hybridized carbons (Fsp3) is 0.167. The Hall–Kier alpha value is -2.30. The first-order valence-electron chi connectivity index (χ1n) is 7.16. The van der Waals surface area contributed by atoms with Gasteiger partial charge in [0, 0.05) is 28.4 Å². The molecule has 0 amide bonds. The van der Waals surface area contributed by atoms with Gasteiger partial charge in [-0.25, -0.2) is 0 Å². The Morgan fingerprint density at radius 3 is 2.70 bits per heavy atom. The van der Waals surface area contributed by atoms with E-state index in [0.29, 0.717) is 22.1 Å². The van der Waals surface area contributed by atoms with E-state index in [9.17, 15) is 5.11 Å². The van der Waals surface area contributed by atoms with Gasteiger partial charge >= 0.3 is 0 Å². The van der Waals surface area contributed by atoms with E-state index in [1.807, 2.05) is 30.3 Å². The van der Waals surface area contributed by atoms with Crippen molar-refractivity contribution in [2.24, 2.45) is 0 Å². The van der Waals surface area contributed by atoms with Gasteiger partial charge in [-0.15, -0.1) is 0 Å². The minimum absolute atomic E-state index is 0.0753. The van der Waals surface area contributed by atoms with Gasteiger partial charge in [-0.3, -0.25) is 4.98 Å². The van der Waals surface area contributed by atoms with E-state index in [0.717, 1.165) is 10.8 Å². The van der Waals surface area contributed by atoms with Crippen molar-refractivity contribution in [3.63, 3.8) is 0 Å². The molecule has 3 aromatic rings. The molecule has 5 heteroatoms. The number of nitrogens with zero attached hydrogens (tertiary/aromatic N) is 1.